The molecule has 0 aliphatic heterocycles. The predicted octanol–water partition coefficient (Wildman–Crippen LogP) is 6.49. The number of hydrogen-bond donors (Lipinski definition) is 0. The van der Waals surface area contributed by atoms with Crippen LogP contribution in [0.4, 0.5) is 0 Å². The van der Waals surface area contributed by atoms with Gasteiger partial charge in [-0.05, 0) is 51.0 Å². The molecule has 4 heteroatoms. The number of aldehydes is 1. The molecule has 0 fully saturated rings. The van der Waals surface area contributed by atoms with Crippen molar-refractivity contribution in [3.63, 3.8) is 0 Å². The van der Waals surface area contributed by atoms with Gasteiger partial charge in [0.15, 0.2) is 0 Å². The molecule has 0 N–H and O–H groups in total. The van der Waals surface area contributed by atoms with Crippen LogP contribution in [0, 0.1) is 10.1 Å². The molecule has 0 aromatic heterocycles. The Labute approximate surface area is 158 Å². The largest absolute Gasteiger partial charge is 0.303 e. The topological polar surface area (TPSA) is 60.2 Å². The Balaban J connectivity index is 3.82. The standard InChI is InChI=1S/C22H33NO3/c1-2-3-16-19-22(23(25)26)20-17-14-12-10-8-6-4-5-7-9-11-13-15-18-21-24/h3,5-8,12,14,16,20-21H,2,4,9-11,13,15,17-19H2,1H3/b7-5-,8-6-,14-12-,16-3-,22-20+. The van der Waals surface area contributed by atoms with Gasteiger partial charge in [-0.25, -0.2) is 0 Å². The van der Waals surface area contributed by atoms with Gasteiger partial charge < -0.3 is 4.79 Å². The molecule has 0 aliphatic rings. The first-order valence-electron chi connectivity index (χ1n) is 9.59. The third kappa shape index (κ3) is 16.6. The lowest BCUT2D eigenvalue weighted by Crippen LogP contribution is -1.97. The van der Waals surface area contributed by atoms with Crippen molar-refractivity contribution in [3.05, 3.63) is 70.5 Å². The summed E-state index contributed by atoms with van der Waals surface area (Å²) in [7, 11) is 0. The fourth-order valence-corrected chi connectivity index (χ4v) is 2.23. The Morgan fingerprint density at radius 1 is 0.808 bits per heavy atom. The van der Waals surface area contributed by atoms with Crippen LogP contribution < -0.4 is 0 Å². The SMILES string of the molecule is CC/C=C\C/C(=C\C/C=C\C/C=C\C/C=C\CCCCCC=O)[N+](=O)[O-]. The summed E-state index contributed by atoms with van der Waals surface area (Å²) in [6.07, 6.45) is 27.7. The number of nitro groups is 1. The maximum Gasteiger partial charge on any atom is 0.246 e. The molecule has 26 heavy (non-hydrogen) atoms. The quantitative estimate of drug-likeness (QED) is 0.104. The van der Waals surface area contributed by atoms with E-state index >= 15 is 0 Å². The fourth-order valence-electron chi connectivity index (χ4n) is 2.23. The van der Waals surface area contributed by atoms with E-state index in [1.807, 2.05) is 31.2 Å². The van der Waals surface area contributed by atoms with Gasteiger partial charge in [0.2, 0.25) is 5.70 Å². The second kappa shape index (κ2) is 19.1. The molecule has 0 amide bonds. The highest BCUT2D eigenvalue weighted by Gasteiger charge is 2.05. The van der Waals surface area contributed by atoms with Crippen LogP contribution in [-0.4, -0.2) is 11.2 Å². The summed E-state index contributed by atoms with van der Waals surface area (Å²) < 4.78 is 0. The van der Waals surface area contributed by atoms with Crippen molar-refractivity contribution < 1.29 is 9.72 Å². The minimum atomic E-state index is -0.303. The summed E-state index contributed by atoms with van der Waals surface area (Å²) in [6.45, 7) is 2.01. The number of carbonyl (C=O) groups is 1. The van der Waals surface area contributed by atoms with Gasteiger partial charge in [-0.15, -0.1) is 0 Å². The second-order valence-corrected chi connectivity index (χ2v) is 5.96. The molecule has 0 heterocycles. The molecule has 0 spiro atoms. The molecular formula is C22H33NO3. The van der Waals surface area contributed by atoms with Crippen LogP contribution in [0.5, 0.6) is 0 Å². The molecular weight excluding hydrogens is 326 g/mol. The average molecular weight is 360 g/mol. The zero-order chi connectivity index (χ0) is 19.3. The third-order valence-corrected chi connectivity index (χ3v) is 3.69. The van der Waals surface area contributed by atoms with Crippen LogP contribution in [0.1, 0.15) is 71.1 Å². The van der Waals surface area contributed by atoms with Gasteiger partial charge in [-0.1, -0.05) is 62.0 Å². The molecule has 4 nitrogen and oxygen atoms in total. The first kappa shape index (κ1) is 23.8. The molecule has 0 radical (unpaired) electrons. The summed E-state index contributed by atoms with van der Waals surface area (Å²) in [4.78, 5) is 20.8. The number of allylic oxidation sites excluding steroid dienone is 9. The van der Waals surface area contributed by atoms with E-state index in [2.05, 4.69) is 24.3 Å². The summed E-state index contributed by atoms with van der Waals surface area (Å²) in [5.74, 6) is 0. The van der Waals surface area contributed by atoms with Gasteiger partial charge in [0, 0.05) is 6.42 Å². The normalized spacial score (nSPS) is 12.9. The summed E-state index contributed by atoms with van der Waals surface area (Å²) in [5.41, 5.74) is 0.256. The molecule has 0 bridgehead atoms. The molecule has 0 aromatic rings. The average Bonchev–Trinajstić information content (AvgIpc) is 2.63. The summed E-state index contributed by atoms with van der Waals surface area (Å²) >= 11 is 0. The Morgan fingerprint density at radius 3 is 2.04 bits per heavy atom. The van der Waals surface area contributed by atoms with Crippen molar-refractivity contribution in [2.45, 2.75) is 71.1 Å². The Kier molecular flexibility index (Phi) is 17.5. The minimum absolute atomic E-state index is 0.256. The van der Waals surface area contributed by atoms with Crippen LogP contribution in [0.2, 0.25) is 0 Å². The Morgan fingerprint density at radius 2 is 1.42 bits per heavy atom. The minimum Gasteiger partial charge on any atom is -0.303 e. The third-order valence-electron chi connectivity index (χ3n) is 3.69. The van der Waals surface area contributed by atoms with Crippen molar-refractivity contribution in [1.29, 1.82) is 0 Å². The smallest absolute Gasteiger partial charge is 0.246 e. The van der Waals surface area contributed by atoms with E-state index in [-0.39, 0.29) is 10.6 Å². The molecule has 0 saturated carbocycles. The molecule has 0 rings (SSSR count). The number of rotatable bonds is 16. The van der Waals surface area contributed by atoms with Gasteiger partial charge in [0.25, 0.3) is 0 Å². The Bertz CT molecular complexity index is 513. The van der Waals surface area contributed by atoms with Crippen molar-refractivity contribution in [1.82, 2.24) is 0 Å². The molecule has 0 saturated heterocycles. The number of nitrogens with zero attached hydrogens (tertiary/aromatic N) is 1. The van der Waals surface area contributed by atoms with Crippen LogP contribution in [0.15, 0.2) is 60.4 Å². The number of unbranched alkanes of at least 4 members (excludes halogenated alkanes) is 4. The molecule has 144 valence electrons. The van der Waals surface area contributed by atoms with E-state index in [9.17, 15) is 14.9 Å². The lowest BCUT2D eigenvalue weighted by molar-refractivity contribution is -0.427. The number of carbonyl (C=O) groups excluding carboxylic acids is 1. The molecule has 0 unspecified atom stereocenters. The molecule has 0 atom stereocenters. The molecule has 0 aromatic carbocycles. The zero-order valence-electron chi connectivity index (χ0n) is 16.0. The van der Waals surface area contributed by atoms with Crippen molar-refractivity contribution in [3.8, 4) is 0 Å². The van der Waals surface area contributed by atoms with E-state index in [0.29, 0.717) is 19.3 Å². The van der Waals surface area contributed by atoms with E-state index < -0.39 is 0 Å². The first-order chi connectivity index (χ1) is 12.7. The lowest BCUT2D eigenvalue weighted by atomic mass is 10.1. The highest BCUT2D eigenvalue weighted by Crippen LogP contribution is 2.06. The highest BCUT2D eigenvalue weighted by molar-refractivity contribution is 5.48. The summed E-state index contributed by atoms with van der Waals surface area (Å²) in [6, 6.07) is 0. The number of hydrogen-bond acceptors (Lipinski definition) is 3. The lowest BCUT2D eigenvalue weighted by Gasteiger charge is -1.93. The van der Waals surface area contributed by atoms with E-state index in [1.54, 1.807) is 6.08 Å². The van der Waals surface area contributed by atoms with E-state index in [0.717, 1.165) is 51.2 Å². The fraction of sp³-hybridized carbons (Fsp3) is 0.500. The van der Waals surface area contributed by atoms with Gasteiger partial charge in [-0.3, -0.25) is 10.1 Å². The predicted molar refractivity (Wildman–Crippen MR) is 110 cm³/mol. The first-order valence-corrected chi connectivity index (χ1v) is 9.59. The van der Waals surface area contributed by atoms with Crippen LogP contribution in [-0.2, 0) is 4.79 Å². The van der Waals surface area contributed by atoms with Gasteiger partial charge >= 0.3 is 0 Å². The monoisotopic (exact) mass is 359 g/mol. The maximum atomic E-state index is 10.9. The van der Waals surface area contributed by atoms with Crippen LogP contribution in [0.3, 0.4) is 0 Å². The van der Waals surface area contributed by atoms with Gasteiger partial charge in [0.1, 0.15) is 6.29 Å². The van der Waals surface area contributed by atoms with E-state index in [1.165, 1.54) is 0 Å². The second-order valence-electron chi connectivity index (χ2n) is 5.96. The summed E-state index contributed by atoms with van der Waals surface area (Å²) in [5, 5.41) is 10.9. The van der Waals surface area contributed by atoms with Crippen LogP contribution in [0.25, 0.3) is 0 Å². The van der Waals surface area contributed by atoms with Crippen molar-refractivity contribution in [2.75, 3.05) is 0 Å². The molecule has 0 aliphatic carbocycles. The van der Waals surface area contributed by atoms with Gasteiger partial charge in [-0.2, -0.15) is 0 Å². The zero-order valence-corrected chi connectivity index (χ0v) is 16.0. The highest BCUT2D eigenvalue weighted by atomic mass is 16.6. The van der Waals surface area contributed by atoms with E-state index in [4.69, 9.17) is 0 Å². The van der Waals surface area contributed by atoms with Crippen LogP contribution >= 0.6 is 0 Å². The van der Waals surface area contributed by atoms with Gasteiger partial charge in [0.05, 0.1) is 11.3 Å². The van der Waals surface area contributed by atoms with Crippen molar-refractivity contribution in [2.24, 2.45) is 0 Å². The van der Waals surface area contributed by atoms with Crippen molar-refractivity contribution >= 4 is 6.29 Å². The maximum absolute atomic E-state index is 10.9. The Hall–Kier alpha value is -2.23.